The van der Waals surface area contributed by atoms with Crippen LogP contribution in [-0.2, 0) is 0 Å². The Kier molecular flexibility index (Phi) is 3.53. The monoisotopic (exact) mass is 198 g/mol. The van der Waals surface area contributed by atoms with Gasteiger partial charge in [0.25, 0.3) is 0 Å². The highest BCUT2D eigenvalue weighted by Crippen LogP contribution is 2.29. The lowest BCUT2D eigenvalue weighted by molar-refractivity contribution is 1.16. The van der Waals surface area contributed by atoms with Crippen molar-refractivity contribution in [3.05, 3.63) is 23.3 Å². The minimum atomic E-state index is 1.36. The second-order valence-electron chi connectivity index (χ2n) is 2.79. The topological polar surface area (TPSA) is 0 Å². The average molecular weight is 198 g/mol. The molecule has 0 aromatic heterocycles. The van der Waals surface area contributed by atoms with E-state index >= 15 is 0 Å². The van der Waals surface area contributed by atoms with Crippen LogP contribution in [0.25, 0.3) is 0 Å². The molecule has 0 saturated heterocycles. The molecule has 0 spiro atoms. The molecule has 0 radical (unpaired) electrons. The van der Waals surface area contributed by atoms with E-state index in [1.807, 2.05) is 23.5 Å². The highest BCUT2D eigenvalue weighted by atomic mass is 32.2. The summed E-state index contributed by atoms with van der Waals surface area (Å²) in [6, 6.07) is 4.50. The molecule has 0 N–H and O–H groups in total. The molecule has 1 rings (SSSR count). The van der Waals surface area contributed by atoms with Gasteiger partial charge in [0.05, 0.1) is 0 Å². The van der Waals surface area contributed by atoms with Crippen molar-refractivity contribution in [1.82, 2.24) is 0 Å². The van der Waals surface area contributed by atoms with E-state index in [1.54, 1.807) is 0 Å². The van der Waals surface area contributed by atoms with Crippen molar-refractivity contribution < 1.29 is 0 Å². The van der Waals surface area contributed by atoms with E-state index < -0.39 is 0 Å². The summed E-state index contributed by atoms with van der Waals surface area (Å²) in [7, 11) is 0. The largest absolute Gasteiger partial charge is 0.129 e. The third-order valence-electron chi connectivity index (χ3n) is 1.90. The summed E-state index contributed by atoms with van der Waals surface area (Å²) in [6.07, 6.45) is 4.26. The molecular formula is C10H14S2. The van der Waals surface area contributed by atoms with Crippen molar-refractivity contribution in [2.24, 2.45) is 0 Å². The smallest absolute Gasteiger partial charge is 0.0112 e. The molecule has 0 aliphatic carbocycles. The molecular weight excluding hydrogens is 184 g/mol. The van der Waals surface area contributed by atoms with E-state index in [9.17, 15) is 0 Å². The van der Waals surface area contributed by atoms with Crippen LogP contribution in [0.2, 0.25) is 0 Å². The molecule has 0 bridgehead atoms. The molecule has 0 unspecified atom stereocenters. The number of benzene rings is 1. The van der Waals surface area contributed by atoms with Gasteiger partial charge in [-0.2, -0.15) is 0 Å². The summed E-state index contributed by atoms with van der Waals surface area (Å²) in [5.74, 6) is 0. The summed E-state index contributed by atoms with van der Waals surface area (Å²) in [6.45, 7) is 4.34. The van der Waals surface area contributed by atoms with Gasteiger partial charge in [-0.3, -0.25) is 0 Å². The Bertz CT molecular complexity index is 254. The molecule has 12 heavy (non-hydrogen) atoms. The van der Waals surface area contributed by atoms with Crippen molar-refractivity contribution in [2.75, 3.05) is 12.5 Å². The maximum absolute atomic E-state index is 2.25. The minimum Gasteiger partial charge on any atom is -0.129 e. The number of thioether (sulfide) groups is 2. The fourth-order valence-electron chi connectivity index (χ4n) is 1.22. The van der Waals surface area contributed by atoms with E-state index in [1.165, 1.54) is 20.9 Å². The lowest BCUT2D eigenvalue weighted by Crippen LogP contribution is -1.85. The SMILES string of the molecule is CSc1cc(C)cc(SC)c1C. The zero-order chi connectivity index (χ0) is 9.14. The lowest BCUT2D eigenvalue weighted by Gasteiger charge is -2.08. The maximum atomic E-state index is 2.25. The standard InChI is InChI=1S/C10H14S2/c1-7-5-9(11-3)8(2)10(6-7)12-4/h5-6H,1-4H3. The first-order chi connectivity index (χ1) is 5.69. The third-order valence-corrected chi connectivity index (χ3v) is 3.62. The molecule has 1 aromatic carbocycles. The maximum Gasteiger partial charge on any atom is 0.0112 e. The van der Waals surface area contributed by atoms with Crippen LogP contribution in [0.4, 0.5) is 0 Å². The van der Waals surface area contributed by atoms with E-state index in [-0.39, 0.29) is 0 Å². The summed E-state index contributed by atoms with van der Waals surface area (Å²) < 4.78 is 0. The van der Waals surface area contributed by atoms with Gasteiger partial charge in [-0.1, -0.05) is 0 Å². The molecule has 0 aliphatic rings. The van der Waals surface area contributed by atoms with Crippen molar-refractivity contribution in [2.45, 2.75) is 23.6 Å². The second kappa shape index (κ2) is 4.24. The highest BCUT2D eigenvalue weighted by molar-refractivity contribution is 7.99. The van der Waals surface area contributed by atoms with Crippen LogP contribution in [0.5, 0.6) is 0 Å². The number of hydrogen-bond acceptors (Lipinski definition) is 2. The van der Waals surface area contributed by atoms with Gasteiger partial charge in [-0.15, -0.1) is 23.5 Å². The average Bonchev–Trinajstić information content (AvgIpc) is 2.08. The Hall–Kier alpha value is -0.0800. The number of hydrogen-bond donors (Lipinski definition) is 0. The first-order valence-electron chi connectivity index (χ1n) is 3.88. The number of rotatable bonds is 2. The van der Waals surface area contributed by atoms with E-state index in [4.69, 9.17) is 0 Å². The zero-order valence-electron chi connectivity index (χ0n) is 7.97. The Balaban J connectivity index is 3.22. The van der Waals surface area contributed by atoms with Crippen molar-refractivity contribution in [1.29, 1.82) is 0 Å². The van der Waals surface area contributed by atoms with Gasteiger partial charge in [-0.25, -0.2) is 0 Å². The minimum absolute atomic E-state index is 1.36. The van der Waals surface area contributed by atoms with Crippen LogP contribution in [0, 0.1) is 13.8 Å². The van der Waals surface area contributed by atoms with Crippen LogP contribution in [0.15, 0.2) is 21.9 Å². The normalized spacial score (nSPS) is 10.3. The molecule has 2 heteroatoms. The zero-order valence-corrected chi connectivity index (χ0v) is 9.60. The molecule has 0 heterocycles. The Morgan fingerprint density at radius 1 is 0.917 bits per heavy atom. The van der Waals surface area contributed by atoms with Gasteiger partial charge in [0, 0.05) is 9.79 Å². The Labute approximate surface area is 83.1 Å². The summed E-state index contributed by atoms with van der Waals surface area (Å²) in [5.41, 5.74) is 2.77. The molecule has 0 nitrogen and oxygen atoms in total. The first-order valence-corrected chi connectivity index (χ1v) is 6.33. The molecule has 0 amide bonds. The fraction of sp³-hybridized carbons (Fsp3) is 0.400. The Morgan fingerprint density at radius 3 is 1.67 bits per heavy atom. The van der Waals surface area contributed by atoms with Gasteiger partial charge in [0.2, 0.25) is 0 Å². The molecule has 0 atom stereocenters. The molecule has 0 saturated carbocycles. The first kappa shape index (κ1) is 10.0. The predicted octanol–water partition coefficient (Wildman–Crippen LogP) is 3.75. The van der Waals surface area contributed by atoms with Crippen LogP contribution in [0.3, 0.4) is 0 Å². The van der Waals surface area contributed by atoms with Gasteiger partial charge < -0.3 is 0 Å². The van der Waals surface area contributed by atoms with E-state index in [0.29, 0.717) is 0 Å². The highest BCUT2D eigenvalue weighted by Gasteiger charge is 2.03. The van der Waals surface area contributed by atoms with Crippen LogP contribution < -0.4 is 0 Å². The van der Waals surface area contributed by atoms with Crippen LogP contribution >= 0.6 is 23.5 Å². The van der Waals surface area contributed by atoms with Gasteiger partial charge in [-0.05, 0) is 49.6 Å². The molecule has 0 aliphatic heterocycles. The van der Waals surface area contributed by atoms with Crippen molar-refractivity contribution >= 4 is 23.5 Å². The van der Waals surface area contributed by atoms with Crippen molar-refractivity contribution in [3.63, 3.8) is 0 Å². The molecule has 66 valence electrons. The number of aryl methyl sites for hydroxylation is 1. The summed E-state index contributed by atoms with van der Waals surface area (Å²) >= 11 is 3.65. The van der Waals surface area contributed by atoms with Gasteiger partial charge >= 0.3 is 0 Å². The molecule has 1 aromatic rings. The quantitative estimate of drug-likeness (QED) is 0.664. The summed E-state index contributed by atoms with van der Waals surface area (Å²) in [5, 5.41) is 0. The lowest BCUT2D eigenvalue weighted by atomic mass is 10.2. The third kappa shape index (κ3) is 1.99. The van der Waals surface area contributed by atoms with Crippen LogP contribution in [0.1, 0.15) is 11.1 Å². The van der Waals surface area contributed by atoms with E-state index in [2.05, 4.69) is 38.5 Å². The molecule has 0 fully saturated rings. The van der Waals surface area contributed by atoms with Crippen LogP contribution in [-0.4, -0.2) is 12.5 Å². The fourth-order valence-corrected chi connectivity index (χ4v) is 2.72. The second-order valence-corrected chi connectivity index (χ2v) is 4.49. The van der Waals surface area contributed by atoms with Gasteiger partial charge in [0.15, 0.2) is 0 Å². The van der Waals surface area contributed by atoms with Crippen molar-refractivity contribution in [3.8, 4) is 0 Å². The predicted molar refractivity (Wildman–Crippen MR) is 59.5 cm³/mol. The van der Waals surface area contributed by atoms with E-state index in [0.717, 1.165) is 0 Å². The Morgan fingerprint density at radius 2 is 1.33 bits per heavy atom. The summed E-state index contributed by atoms with van der Waals surface area (Å²) in [4.78, 5) is 2.80. The van der Waals surface area contributed by atoms with Gasteiger partial charge in [0.1, 0.15) is 0 Å².